The van der Waals surface area contributed by atoms with Crippen molar-refractivity contribution in [2.75, 3.05) is 6.61 Å². The Morgan fingerprint density at radius 3 is 2.74 bits per heavy atom. The van der Waals surface area contributed by atoms with Gasteiger partial charge >= 0.3 is 0 Å². The largest absolute Gasteiger partial charge is 0.396 e. The zero-order valence-corrected chi connectivity index (χ0v) is 16.8. The number of rotatable bonds is 4. The Hall–Kier alpha value is -1.20. The molecule has 0 spiro atoms. The number of hydrogen-bond acceptors (Lipinski definition) is 4. The van der Waals surface area contributed by atoms with Crippen molar-refractivity contribution in [2.24, 2.45) is 34.5 Å². The van der Waals surface area contributed by atoms with Crippen molar-refractivity contribution in [2.45, 2.75) is 71.4 Å². The van der Waals surface area contributed by atoms with E-state index < -0.39 is 0 Å². The number of aromatic nitrogens is 3. The van der Waals surface area contributed by atoms with E-state index in [2.05, 4.69) is 30.5 Å². The van der Waals surface area contributed by atoms with Gasteiger partial charge in [-0.3, -0.25) is 4.68 Å². The van der Waals surface area contributed by atoms with Crippen molar-refractivity contribution in [3.63, 3.8) is 0 Å². The summed E-state index contributed by atoms with van der Waals surface area (Å²) in [6.07, 6.45) is 10.5. The van der Waals surface area contributed by atoms with E-state index in [0.29, 0.717) is 17.8 Å². The number of nitrogens with zero attached hydrogens (tertiary/aromatic N) is 3. The van der Waals surface area contributed by atoms with Crippen LogP contribution in [0.4, 0.5) is 0 Å². The highest BCUT2D eigenvalue weighted by molar-refractivity contribution is 5.20. The molecule has 5 heteroatoms. The van der Waals surface area contributed by atoms with E-state index in [4.69, 9.17) is 0 Å². The first kappa shape index (κ1) is 19.1. The molecule has 1 aromatic rings. The minimum absolute atomic E-state index is 0.0739. The summed E-state index contributed by atoms with van der Waals surface area (Å²) in [5.41, 5.74) is 1.74. The van der Waals surface area contributed by atoms with E-state index in [9.17, 15) is 10.2 Å². The molecule has 3 aliphatic carbocycles. The lowest BCUT2D eigenvalue weighted by Crippen LogP contribution is -2.52. The summed E-state index contributed by atoms with van der Waals surface area (Å²) in [6, 6.07) is 0. The number of allylic oxidation sites excluding steroid dienone is 1. The third kappa shape index (κ3) is 3.07. The van der Waals surface area contributed by atoms with Gasteiger partial charge in [-0.05, 0) is 79.4 Å². The zero-order chi connectivity index (χ0) is 19.2. The summed E-state index contributed by atoms with van der Waals surface area (Å²) < 4.78 is 2.00. The second-order valence-electron chi connectivity index (χ2n) is 9.91. The van der Waals surface area contributed by atoms with Gasteiger partial charge in [0.05, 0.1) is 6.10 Å². The molecular formula is C22H35N3O2. The highest BCUT2D eigenvalue weighted by Crippen LogP contribution is 2.63. The molecule has 0 aliphatic heterocycles. The summed E-state index contributed by atoms with van der Waals surface area (Å²) >= 11 is 0. The van der Waals surface area contributed by atoms with Gasteiger partial charge in [-0.15, -0.1) is 0 Å². The lowest BCUT2D eigenvalue weighted by atomic mass is 9.49. The highest BCUT2D eigenvalue weighted by atomic mass is 16.3. The average Bonchev–Trinajstić information content (AvgIpc) is 3.26. The van der Waals surface area contributed by atoms with Crippen molar-refractivity contribution in [3.8, 4) is 0 Å². The van der Waals surface area contributed by atoms with E-state index >= 15 is 0 Å². The molecule has 27 heavy (non-hydrogen) atoms. The summed E-state index contributed by atoms with van der Waals surface area (Å²) in [4.78, 5) is 4.16. The van der Waals surface area contributed by atoms with Crippen LogP contribution in [-0.4, -0.2) is 37.7 Å². The van der Waals surface area contributed by atoms with E-state index in [1.54, 1.807) is 6.33 Å². The molecule has 2 N–H and O–H groups in total. The Morgan fingerprint density at radius 1 is 1.22 bits per heavy atom. The van der Waals surface area contributed by atoms with Crippen molar-refractivity contribution < 1.29 is 10.2 Å². The topological polar surface area (TPSA) is 71.2 Å². The number of aliphatic hydroxyl groups excluding tert-OH is 2. The number of aliphatic hydroxyl groups is 2. The Kier molecular flexibility index (Phi) is 4.96. The maximum Gasteiger partial charge on any atom is 0.137 e. The molecule has 4 rings (SSSR count). The van der Waals surface area contributed by atoms with E-state index in [0.717, 1.165) is 32.2 Å². The van der Waals surface area contributed by atoms with Crippen LogP contribution in [0.25, 0.3) is 0 Å². The monoisotopic (exact) mass is 373 g/mol. The minimum Gasteiger partial charge on any atom is -0.396 e. The molecule has 0 saturated heterocycles. The normalized spacial score (nSPS) is 45.0. The quantitative estimate of drug-likeness (QED) is 0.793. The molecule has 0 radical (unpaired) electrons. The molecule has 0 unspecified atom stereocenters. The van der Waals surface area contributed by atoms with Crippen molar-refractivity contribution in [1.29, 1.82) is 0 Å². The van der Waals surface area contributed by atoms with Crippen molar-refractivity contribution in [1.82, 2.24) is 14.8 Å². The molecule has 7 atom stereocenters. The maximum absolute atomic E-state index is 10.2. The van der Waals surface area contributed by atoms with Crippen LogP contribution < -0.4 is 0 Å². The van der Waals surface area contributed by atoms with Gasteiger partial charge in [0.25, 0.3) is 0 Å². The van der Waals surface area contributed by atoms with Crippen LogP contribution in [0.5, 0.6) is 0 Å². The van der Waals surface area contributed by atoms with Crippen LogP contribution in [0.2, 0.25) is 0 Å². The minimum atomic E-state index is -0.260. The van der Waals surface area contributed by atoms with Crippen LogP contribution in [0, 0.1) is 34.5 Å². The van der Waals surface area contributed by atoms with Crippen LogP contribution in [0.3, 0.4) is 0 Å². The molecule has 1 heterocycles. The Bertz CT molecular complexity index is 675. The molecule has 3 fully saturated rings. The summed E-state index contributed by atoms with van der Waals surface area (Å²) in [5.74, 6) is 1.85. The summed E-state index contributed by atoms with van der Waals surface area (Å²) in [6.45, 7) is 10.3. The zero-order valence-electron chi connectivity index (χ0n) is 16.8. The first-order chi connectivity index (χ1) is 12.9. The van der Waals surface area contributed by atoms with E-state index in [1.807, 2.05) is 11.0 Å². The predicted molar refractivity (Wildman–Crippen MR) is 105 cm³/mol. The van der Waals surface area contributed by atoms with Gasteiger partial charge in [-0.2, -0.15) is 5.10 Å². The molecule has 5 nitrogen and oxygen atoms in total. The molecule has 3 saturated carbocycles. The van der Waals surface area contributed by atoms with Crippen LogP contribution >= 0.6 is 0 Å². The molecule has 150 valence electrons. The Labute approximate surface area is 162 Å². The predicted octanol–water partition coefficient (Wildman–Crippen LogP) is 3.44. The van der Waals surface area contributed by atoms with Crippen LogP contribution in [0.15, 0.2) is 24.8 Å². The van der Waals surface area contributed by atoms with Crippen molar-refractivity contribution >= 4 is 0 Å². The van der Waals surface area contributed by atoms with Crippen LogP contribution in [-0.2, 0) is 6.54 Å². The Balaban J connectivity index is 1.68. The van der Waals surface area contributed by atoms with Gasteiger partial charge in [0.1, 0.15) is 12.7 Å². The van der Waals surface area contributed by atoms with Gasteiger partial charge in [0, 0.05) is 13.2 Å². The number of fused-ring (bicyclic) bond motifs is 1. The molecule has 3 aliphatic rings. The maximum atomic E-state index is 10.2. The van der Waals surface area contributed by atoms with Crippen LogP contribution in [0.1, 0.15) is 58.8 Å². The first-order valence-corrected chi connectivity index (χ1v) is 10.7. The Morgan fingerprint density at radius 2 is 2.04 bits per heavy atom. The molecule has 0 aromatic carbocycles. The molecule has 0 bridgehead atoms. The molecule has 0 amide bonds. The van der Waals surface area contributed by atoms with Gasteiger partial charge in [-0.25, -0.2) is 4.98 Å². The fourth-order valence-electron chi connectivity index (χ4n) is 6.98. The second-order valence-corrected chi connectivity index (χ2v) is 9.91. The van der Waals surface area contributed by atoms with E-state index in [1.165, 1.54) is 24.8 Å². The highest BCUT2D eigenvalue weighted by Gasteiger charge is 2.56. The van der Waals surface area contributed by atoms with Crippen molar-refractivity contribution in [3.05, 3.63) is 24.8 Å². The lowest BCUT2D eigenvalue weighted by molar-refractivity contribution is -0.0981. The lowest BCUT2D eigenvalue weighted by Gasteiger charge is -2.56. The number of hydrogen-bond donors (Lipinski definition) is 2. The standard InChI is InChI=1S/C22H35N3O2/c1-15-4-5-19-18(11-25-14-23-13-24-25)20(7-9-21(15,19)2)22(3)8-6-17(27)10-16(22)12-26/h13-14,16-20,26-27H,1,4-12H2,2-3H3/t16-,17+,18+,19+,20+,21-,22+/m1/s1. The second kappa shape index (κ2) is 7.00. The van der Waals surface area contributed by atoms with E-state index in [-0.39, 0.29) is 29.5 Å². The third-order valence-corrected chi connectivity index (χ3v) is 8.83. The fraction of sp³-hybridized carbons (Fsp3) is 0.818. The smallest absolute Gasteiger partial charge is 0.137 e. The average molecular weight is 374 g/mol. The molecular weight excluding hydrogens is 338 g/mol. The van der Waals surface area contributed by atoms with Gasteiger partial charge in [0.15, 0.2) is 0 Å². The fourth-order valence-corrected chi connectivity index (χ4v) is 6.98. The van der Waals surface area contributed by atoms with Gasteiger partial charge < -0.3 is 10.2 Å². The summed E-state index contributed by atoms with van der Waals surface area (Å²) in [7, 11) is 0. The first-order valence-electron chi connectivity index (χ1n) is 10.7. The third-order valence-electron chi connectivity index (χ3n) is 8.83. The van der Waals surface area contributed by atoms with Gasteiger partial charge in [0.2, 0.25) is 0 Å². The van der Waals surface area contributed by atoms with Gasteiger partial charge in [-0.1, -0.05) is 26.0 Å². The summed E-state index contributed by atoms with van der Waals surface area (Å²) in [5, 5.41) is 24.8. The SMILES string of the molecule is C=C1CC[C@H]2[C@H](Cn3cncn3)[C@@H]([C@@]3(C)CC[C@H](O)C[C@@H]3CO)CC[C@]12C. The molecule has 1 aromatic heterocycles.